The molecule has 8 heteroatoms. The number of nitrogens with zero attached hydrogens (tertiary/aromatic N) is 1. The van der Waals surface area contributed by atoms with Crippen molar-refractivity contribution in [3.05, 3.63) is 95.0 Å². The molecule has 4 rings (SSSR count). The van der Waals surface area contributed by atoms with Gasteiger partial charge < -0.3 is 15.4 Å². The van der Waals surface area contributed by atoms with Crippen LogP contribution in [0.1, 0.15) is 18.1 Å². The van der Waals surface area contributed by atoms with E-state index in [2.05, 4.69) is 10.6 Å². The van der Waals surface area contributed by atoms with Crippen LogP contribution in [0.15, 0.2) is 78.9 Å². The van der Waals surface area contributed by atoms with E-state index in [0.717, 1.165) is 16.0 Å². The predicted molar refractivity (Wildman–Crippen MR) is 134 cm³/mol. The van der Waals surface area contributed by atoms with Gasteiger partial charge in [0.25, 0.3) is 5.91 Å². The van der Waals surface area contributed by atoms with Gasteiger partial charge in [0.2, 0.25) is 5.91 Å². The smallest absolute Gasteiger partial charge is 0.325 e. The zero-order chi connectivity index (χ0) is 25.0. The average molecular weight is 492 g/mol. The normalized spacial score (nSPS) is 15.5. The highest BCUT2D eigenvalue weighted by molar-refractivity contribution is 6.31. The van der Waals surface area contributed by atoms with Crippen LogP contribution in [-0.4, -0.2) is 41.4 Å². The van der Waals surface area contributed by atoms with Crippen molar-refractivity contribution in [1.82, 2.24) is 10.2 Å². The second-order valence-corrected chi connectivity index (χ2v) is 8.96. The summed E-state index contributed by atoms with van der Waals surface area (Å²) in [6, 6.07) is 22.1. The first kappa shape index (κ1) is 24.3. The number of methoxy groups -OCH3 is 1. The monoisotopic (exact) mass is 491 g/mol. The lowest BCUT2D eigenvalue weighted by atomic mass is 9.84. The molecular weight excluding hydrogens is 466 g/mol. The van der Waals surface area contributed by atoms with E-state index in [4.69, 9.17) is 16.3 Å². The van der Waals surface area contributed by atoms with Gasteiger partial charge in [0.15, 0.2) is 0 Å². The van der Waals surface area contributed by atoms with E-state index in [1.54, 1.807) is 18.2 Å². The molecule has 1 aliphatic rings. The summed E-state index contributed by atoms with van der Waals surface area (Å²) in [5.41, 5.74) is 0.936. The fourth-order valence-electron chi connectivity index (χ4n) is 4.32. The minimum Gasteiger partial charge on any atom is -0.495 e. The van der Waals surface area contributed by atoms with Crippen molar-refractivity contribution in [3.63, 3.8) is 0 Å². The quantitative estimate of drug-likeness (QED) is 0.456. The minimum atomic E-state index is -1.22. The first-order chi connectivity index (χ1) is 16.8. The number of imide groups is 1. The van der Waals surface area contributed by atoms with E-state index in [9.17, 15) is 14.4 Å². The van der Waals surface area contributed by atoms with Crippen LogP contribution in [0.25, 0.3) is 0 Å². The summed E-state index contributed by atoms with van der Waals surface area (Å²) in [4.78, 5) is 41.1. The molecule has 1 unspecified atom stereocenters. The van der Waals surface area contributed by atoms with Crippen molar-refractivity contribution < 1.29 is 19.1 Å². The number of nitrogens with one attached hydrogen (secondary N) is 2. The van der Waals surface area contributed by atoms with E-state index in [0.29, 0.717) is 29.3 Å². The van der Waals surface area contributed by atoms with E-state index in [-0.39, 0.29) is 0 Å². The second-order valence-electron chi connectivity index (χ2n) is 8.52. The molecule has 3 aromatic carbocycles. The van der Waals surface area contributed by atoms with Crippen LogP contribution < -0.4 is 15.4 Å². The van der Waals surface area contributed by atoms with Gasteiger partial charge in [-0.1, -0.05) is 72.3 Å². The number of carbonyl (C=O) groups excluding carboxylic acids is 3. The van der Waals surface area contributed by atoms with Gasteiger partial charge in [0.05, 0.1) is 12.8 Å². The Morgan fingerprint density at radius 1 is 1.00 bits per heavy atom. The number of anilines is 1. The van der Waals surface area contributed by atoms with Crippen molar-refractivity contribution in [2.45, 2.75) is 31.3 Å². The van der Waals surface area contributed by atoms with Crippen LogP contribution in [-0.2, 0) is 22.4 Å². The fraction of sp³-hybridized carbons (Fsp3) is 0.222. The van der Waals surface area contributed by atoms with Crippen molar-refractivity contribution in [2.75, 3.05) is 12.4 Å². The van der Waals surface area contributed by atoms with E-state index in [1.807, 2.05) is 60.7 Å². The highest BCUT2D eigenvalue weighted by Gasteiger charge is 2.53. The van der Waals surface area contributed by atoms with Crippen LogP contribution in [0.5, 0.6) is 5.75 Å². The third-order valence-electron chi connectivity index (χ3n) is 6.08. The second kappa shape index (κ2) is 10.2. The molecule has 4 amide bonds. The summed E-state index contributed by atoms with van der Waals surface area (Å²) in [5, 5.41) is 6.04. The van der Waals surface area contributed by atoms with Crippen LogP contribution in [0.2, 0.25) is 5.02 Å². The summed E-state index contributed by atoms with van der Waals surface area (Å²) in [6.07, 6.45) is 0.584. The largest absolute Gasteiger partial charge is 0.495 e. The van der Waals surface area contributed by atoms with Crippen LogP contribution in [0.3, 0.4) is 0 Å². The lowest BCUT2D eigenvalue weighted by Gasteiger charge is -2.28. The molecule has 0 aromatic heterocycles. The number of hydrogen-bond donors (Lipinski definition) is 2. The van der Waals surface area contributed by atoms with E-state index in [1.165, 1.54) is 14.0 Å². The molecule has 1 fully saturated rings. The standard InChI is InChI=1S/C27H26ClN3O4/c1-18(24(32)29-22-15-21(28)13-14-23(22)35-2)31-25(33)27(30-26(31)34,16-19-9-5-3-6-10-19)17-20-11-7-4-8-12-20/h3-15,18H,16-17H2,1-2H3,(H,29,32)(H,30,34). The topological polar surface area (TPSA) is 87.7 Å². The third-order valence-corrected chi connectivity index (χ3v) is 6.31. The molecule has 0 spiro atoms. The lowest BCUT2D eigenvalue weighted by molar-refractivity contribution is -0.136. The Bertz CT molecular complexity index is 1190. The number of rotatable bonds is 8. The summed E-state index contributed by atoms with van der Waals surface area (Å²) >= 11 is 6.07. The third kappa shape index (κ3) is 5.15. The summed E-state index contributed by atoms with van der Waals surface area (Å²) < 4.78 is 5.28. The van der Waals surface area contributed by atoms with Crippen molar-refractivity contribution in [1.29, 1.82) is 0 Å². The molecule has 35 heavy (non-hydrogen) atoms. The lowest BCUT2D eigenvalue weighted by Crippen LogP contribution is -2.52. The van der Waals surface area contributed by atoms with Gasteiger partial charge in [-0.15, -0.1) is 0 Å². The molecule has 3 aromatic rings. The average Bonchev–Trinajstić information content (AvgIpc) is 3.08. The number of benzene rings is 3. The molecule has 0 bridgehead atoms. The fourth-order valence-corrected chi connectivity index (χ4v) is 4.49. The van der Waals surface area contributed by atoms with Gasteiger partial charge in [-0.05, 0) is 36.2 Å². The molecule has 1 saturated heterocycles. The molecule has 180 valence electrons. The Balaban J connectivity index is 1.62. The molecule has 7 nitrogen and oxygen atoms in total. The van der Waals surface area contributed by atoms with E-state index < -0.39 is 29.4 Å². The summed E-state index contributed by atoms with van der Waals surface area (Å²) in [5.74, 6) is -0.574. The Morgan fingerprint density at radius 2 is 1.57 bits per heavy atom. The van der Waals surface area contributed by atoms with Crippen LogP contribution in [0.4, 0.5) is 10.5 Å². The maximum Gasteiger partial charge on any atom is 0.325 e. The number of carbonyl (C=O) groups is 3. The van der Waals surface area contributed by atoms with Gasteiger partial charge in [-0.2, -0.15) is 0 Å². The zero-order valence-electron chi connectivity index (χ0n) is 19.5. The molecule has 0 saturated carbocycles. The molecule has 0 radical (unpaired) electrons. The minimum absolute atomic E-state index is 0.292. The molecular formula is C27H26ClN3O4. The molecule has 2 N–H and O–H groups in total. The first-order valence-corrected chi connectivity index (χ1v) is 11.6. The molecule has 1 atom stereocenters. The predicted octanol–water partition coefficient (Wildman–Crippen LogP) is 4.45. The SMILES string of the molecule is COc1ccc(Cl)cc1NC(=O)C(C)N1C(=O)NC(Cc2ccccc2)(Cc2ccccc2)C1=O. The Kier molecular flexibility index (Phi) is 7.07. The first-order valence-electron chi connectivity index (χ1n) is 11.2. The molecule has 1 aliphatic heterocycles. The Labute approximate surface area is 209 Å². The Hall–Kier alpha value is -3.84. The van der Waals surface area contributed by atoms with Gasteiger partial charge in [-0.25, -0.2) is 9.69 Å². The van der Waals surface area contributed by atoms with E-state index >= 15 is 0 Å². The van der Waals surface area contributed by atoms with Gasteiger partial charge >= 0.3 is 6.03 Å². The van der Waals surface area contributed by atoms with Gasteiger partial charge in [0, 0.05) is 17.9 Å². The number of ether oxygens (including phenoxy) is 1. The van der Waals surface area contributed by atoms with Crippen molar-refractivity contribution >= 4 is 35.1 Å². The maximum atomic E-state index is 13.8. The highest BCUT2D eigenvalue weighted by atomic mass is 35.5. The Morgan fingerprint density at radius 3 is 2.11 bits per heavy atom. The number of halogens is 1. The van der Waals surface area contributed by atoms with Crippen LogP contribution in [0, 0.1) is 0 Å². The summed E-state index contributed by atoms with van der Waals surface area (Å²) in [6.45, 7) is 1.52. The zero-order valence-corrected chi connectivity index (χ0v) is 20.2. The molecule has 1 heterocycles. The summed E-state index contributed by atoms with van der Waals surface area (Å²) in [7, 11) is 1.47. The van der Waals surface area contributed by atoms with Crippen molar-refractivity contribution in [2.24, 2.45) is 0 Å². The van der Waals surface area contributed by atoms with Crippen LogP contribution >= 0.6 is 11.6 Å². The highest BCUT2D eigenvalue weighted by Crippen LogP contribution is 2.31. The van der Waals surface area contributed by atoms with Crippen molar-refractivity contribution in [3.8, 4) is 5.75 Å². The van der Waals surface area contributed by atoms with Gasteiger partial charge in [0.1, 0.15) is 17.3 Å². The number of urea groups is 1. The molecule has 0 aliphatic carbocycles. The number of hydrogen-bond acceptors (Lipinski definition) is 4. The maximum absolute atomic E-state index is 13.8. The number of amides is 4. The van der Waals surface area contributed by atoms with Gasteiger partial charge in [-0.3, -0.25) is 9.59 Å².